The van der Waals surface area contributed by atoms with Crippen LogP contribution in [0.3, 0.4) is 0 Å². The van der Waals surface area contributed by atoms with E-state index in [1.165, 1.54) is 0 Å². The molecule has 0 rings (SSSR count). The fourth-order valence-electron chi connectivity index (χ4n) is 0.620. The van der Waals surface area contributed by atoms with Crippen LogP contribution in [0.5, 0.6) is 0 Å². The Bertz CT molecular complexity index is 329. The van der Waals surface area contributed by atoms with Gasteiger partial charge in [0, 0.05) is 0 Å². The molecule has 0 heterocycles. The van der Waals surface area contributed by atoms with Crippen LogP contribution in [0.4, 0.5) is 52.7 Å². The Hall–Kier alpha value is -1.30. The molecule has 0 aliphatic carbocycles. The maximum atomic E-state index is 12.3. The van der Waals surface area contributed by atoms with E-state index in [4.69, 9.17) is 0 Å². The maximum Gasteiger partial charge on any atom is 0.491 e. The van der Waals surface area contributed by atoms with Crippen LogP contribution in [0.15, 0.2) is 12.0 Å². The third kappa shape index (κ3) is 4.09. The molecular formula is C6HF12N. The van der Waals surface area contributed by atoms with Crippen molar-refractivity contribution in [2.24, 2.45) is 0 Å². The zero-order valence-electron chi connectivity index (χ0n) is 8.06. The second-order valence-electron chi connectivity index (χ2n) is 2.85. The molecule has 0 fully saturated rings. The summed E-state index contributed by atoms with van der Waals surface area (Å²) in [5.41, 5.74) is 0. The van der Waals surface area contributed by atoms with Gasteiger partial charge in [0.2, 0.25) is 0 Å². The summed E-state index contributed by atoms with van der Waals surface area (Å²) in [5.74, 6) is -10.4. The molecule has 1 nitrogen and oxygen atoms in total. The Balaban J connectivity index is 5.64. The van der Waals surface area contributed by atoms with Crippen molar-refractivity contribution >= 4 is 0 Å². The monoisotopic (exact) mass is 315 g/mol. The lowest BCUT2D eigenvalue weighted by Gasteiger charge is -2.26. The standard InChI is InChI=1S/C6HF12N/c7-2(3(8,9)4(10,11)12)1-19(5(13,14)15)6(16,17)18/h1H. The van der Waals surface area contributed by atoms with E-state index in [-0.39, 0.29) is 0 Å². The number of hydrogen-bond acceptors (Lipinski definition) is 1. The number of halogens is 12. The van der Waals surface area contributed by atoms with Gasteiger partial charge in [-0.3, -0.25) is 0 Å². The highest BCUT2D eigenvalue weighted by atomic mass is 19.4. The van der Waals surface area contributed by atoms with Gasteiger partial charge in [0.1, 0.15) is 0 Å². The van der Waals surface area contributed by atoms with E-state index in [1.807, 2.05) is 0 Å². The minimum Gasteiger partial charge on any atom is -0.203 e. The lowest BCUT2D eigenvalue weighted by molar-refractivity contribution is -0.355. The van der Waals surface area contributed by atoms with Gasteiger partial charge in [-0.2, -0.15) is 26.9 Å². The first-order valence-electron chi connectivity index (χ1n) is 3.76. The number of hydrogen-bond donors (Lipinski definition) is 0. The van der Waals surface area contributed by atoms with Crippen LogP contribution in [0.1, 0.15) is 0 Å². The normalized spacial score (nSPS) is 15.7. The van der Waals surface area contributed by atoms with Gasteiger partial charge in [-0.15, -0.1) is 26.3 Å². The molecule has 0 aromatic rings. The van der Waals surface area contributed by atoms with Gasteiger partial charge in [-0.1, -0.05) is 0 Å². The number of rotatable bonds is 2. The number of nitrogens with zero attached hydrogens (tertiary/aromatic N) is 1. The predicted octanol–water partition coefficient (Wildman–Crippen LogP) is 4.34. The van der Waals surface area contributed by atoms with E-state index in [0.717, 1.165) is 0 Å². The van der Waals surface area contributed by atoms with Gasteiger partial charge in [-0.05, 0) is 0 Å². The molecule has 0 aromatic carbocycles. The van der Waals surface area contributed by atoms with Crippen molar-refractivity contribution in [3.63, 3.8) is 0 Å². The summed E-state index contributed by atoms with van der Waals surface area (Å²) in [6.45, 7) is 0. The zero-order chi connectivity index (χ0) is 15.9. The lowest BCUT2D eigenvalue weighted by atomic mass is 10.3. The molecule has 0 aromatic heterocycles. The Kier molecular flexibility index (Phi) is 4.35. The molecule has 0 unspecified atom stereocenters. The van der Waals surface area contributed by atoms with Crippen LogP contribution < -0.4 is 0 Å². The third-order valence-corrected chi connectivity index (χ3v) is 1.44. The van der Waals surface area contributed by atoms with Crippen LogP contribution in [0.25, 0.3) is 0 Å². The van der Waals surface area contributed by atoms with Crippen LogP contribution in [0, 0.1) is 0 Å². The van der Waals surface area contributed by atoms with Crippen molar-refractivity contribution in [2.45, 2.75) is 24.7 Å². The van der Waals surface area contributed by atoms with Crippen molar-refractivity contribution in [3.05, 3.63) is 12.0 Å². The first-order chi connectivity index (χ1) is 8.01. The summed E-state index contributed by atoms with van der Waals surface area (Å²) in [6.07, 6.45) is -21.6. The van der Waals surface area contributed by atoms with Gasteiger partial charge >= 0.3 is 24.7 Å². The molecular weight excluding hydrogens is 314 g/mol. The third-order valence-electron chi connectivity index (χ3n) is 1.44. The van der Waals surface area contributed by atoms with E-state index < -0.39 is 41.6 Å². The molecule has 114 valence electrons. The minimum absolute atomic E-state index is 2.01. The Labute approximate surface area is 95.6 Å². The van der Waals surface area contributed by atoms with E-state index >= 15 is 0 Å². The highest BCUT2D eigenvalue weighted by Gasteiger charge is 2.63. The molecule has 19 heavy (non-hydrogen) atoms. The highest BCUT2D eigenvalue weighted by molar-refractivity contribution is 5.08. The Morgan fingerprint density at radius 3 is 1.21 bits per heavy atom. The van der Waals surface area contributed by atoms with Crippen LogP contribution >= 0.6 is 0 Å². The summed E-state index contributed by atoms with van der Waals surface area (Å²) < 4.78 is 142. The van der Waals surface area contributed by atoms with Gasteiger partial charge < -0.3 is 0 Å². The van der Waals surface area contributed by atoms with Crippen LogP contribution in [-0.2, 0) is 0 Å². The average molecular weight is 315 g/mol. The second kappa shape index (κ2) is 4.67. The van der Waals surface area contributed by atoms with Gasteiger partial charge in [-0.25, -0.2) is 4.39 Å². The van der Waals surface area contributed by atoms with Crippen molar-refractivity contribution in [1.82, 2.24) is 4.90 Å². The molecule has 0 aliphatic rings. The molecule has 0 amide bonds. The average Bonchev–Trinajstić information content (AvgIpc) is 2.07. The summed E-state index contributed by atoms with van der Waals surface area (Å²) in [7, 11) is 0. The van der Waals surface area contributed by atoms with Gasteiger partial charge in [0.05, 0.1) is 6.20 Å². The Morgan fingerprint density at radius 1 is 0.684 bits per heavy atom. The number of allylic oxidation sites excluding steroid dienone is 1. The fraction of sp³-hybridized carbons (Fsp3) is 0.667. The molecule has 0 N–H and O–H groups in total. The minimum atomic E-state index is -6.68. The van der Waals surface area contributed by atoms with Crippen LogP contribution in [-0.4, -0.2) is 29.6 Å². The van der Waals surface area contributed by atoms with Crippen LogP contribution in [0.2, 0.25) is 0 Å². The van der Waals surface area contributed by atoms with Crippen molar-refractivity contribution < 1.29 is 52.7 Å². The first-order valence-corrected chi connectivity index (χ1v) is 3.76. The molecule has 13 heteroatoms. The van der Waals surface area contributed by atoms with E-state index in [2.05, 4.69) is 0 Å². The van der Waals surface area contributed by atoms with E-state index in [1.54, 1.807) is 0 Å². The summed E-state index contributed by atoms with van der Waals surface area (Å²) in [5, 5.41) is 0. The van der Waals surface area contributed by atoms with Crippen molar-refractivity contribution in [1.29, 1.82) is 0 Å². The molecule has 0 saturated carbocycles. The maximum absolute atomic E-state index is 12.3. The summed E-state index contributed by atoms with van der Waals surface area (Å²) >= 11 is 0. The fourth-order valence-corrected chi connectivity index (χ4v) is 0.620. The lowest BCUT2D eigenvalue weighted by Crippen LogP contribution is -2.46. The quantitative estimate of drug-likeness (QED) is 0.541. The second-order valence-corrected chi connectivity index (χ2v) is 2.85. The zero-order valence-corrected chi connectivity index (χ0v) is 8.06. The van der Waals surface area contributed by atoms with Gasteiger partial charge in [0.15, 0.2) is 5.83 Å². The van der Waals surface area contributed by atoms with Gasteiger partial charge in [0.25, 0.3) is 0 Å². The SMILES string of the molecule is FC(=CN(C(F)(F)F)C(F)(F)F)C(F)(F)C(F)(F)F. The number of alkyl halides is 11. The summed E-state index contributed by atoms with van der Waals surface area (Å²) in [6, 6.07) is 0. The predicted molar refractivity (Wildman–Crippen MR) is 34.1 cm³/mol. The van der Waals surface area contributed by atoms with Crippen molar-refractivity contribution in [3.8, 4) is 0 Å². The van der Waals surface area contributed by atoms with Crippen molar-refractivity contribution in [2.75, 3.05) is 0 Å². The smallest absolute Gasteiger partial charge is 0.203 e. The van der Waals surface area contributed by atoms with E-state index in [0.29, 0.717) is 0 Å². The molecule has 0 atom stereocenters. The Morgan fingerprint density at radius 2 is 1.00 bits per heavy atom. The molecule has 0 bridgehead atoms. The van der Waals surface area contributed by atoms with E-state index in [9.17, 15) is 52.7 Å². The molecule has 0 aliphatic heterocycles. The molecule has 0 spiro atoms. The molecule has 0 radical (unpaired) electrons. The largest absolute Gasteiger partial charge is 0.491 e. The summed E-state index contributed by atoms with van der Waals surface area (Å²) in [4.78, 5) is -2.87. The molecule has 0 saturated heterocycles. The highest BCUT2D eigenvalue weighted by Crippen LogP contribution is 2.43. The topological polar surface area (TPSA) is 3.24 Å². The first kappa shape index (κ1) is 17.7.